The molecule has 2 aromatic carbocycles. The third-order valence-corrected chi connectivity index (χ3v) is 9.11. The molecule has 0 spiro atoms. The number of sulfonamides is 1. The number of likely N-dealkylation sites (tertiary alicyclic amines) is 1. The van der Waals surface area contributed by atoms with Crippen LogP contribution >= 0.6 is 0 Å². The van der Waals surface area contributed by atoms with Gasteiger partial charge in [-0.1, -0.05) is 30.3 Å². The van der Waals surface area contributed by atoms with Gasteiger partial charge in [-0.2, -0.15) is 0 Å². The molecule has 1 aliphatic heterocycles. The average Bonchev–Trinajstić information content (AvgIpc) is 2.92. The second-order valence-electron chi connectivity index (χ2n) is 10.2. The first-order valence-corrected chi connectivity index (χ1v) is 14.6. The Bertz CT molecular complexity index is 1350. The summed E-state index contributed by atoms with van der Waals surface area (Å²) in [5, 5.41) is 3.26. The number of pyridine rings is 1. The molecule has 3 aromatic rings. The van der Waals surface area contributed by atoms with Crippen LogP contribution < -0.4 is 10.0 Å². The summed E-state index contributed by atoms with van der Waals surface area (Å²) < 4.78 is 42.0. The molecule has 1 aromatic heterocycles. The highest BCUT2D eigenvalue weighted by Gasteiger charge is 2.32. The number of nitrogens with zero attached hydrogens (tertiary/aromatic N) is 2. The predicted molar refractivity (Wildman–Crippen MR) is 144 cm³/mol. The van der Waals surface area contributed by atoms with E-state index in [-0.39, 0.29) is 41.2 Å². The van der Waals surface area contributed by atoms with E-state index in [0.29, 0.717) is 38.8 Å². The minimum Gasteiger partial charge on any atom is -0.352 e. The van der Waals surface area contributed by atoms with Crippen molar-refractivity contribution in [1.82, 2.24) is 19.9 Å². The van der Waals surface area contributed by atoms with Gasteiger partial charge in [0.1, 0.15) is 5.82 Å². The lowest BCUT2D eigenvalue weighted by Gasteiger charge is -2.36. The van der Waals surface area contributed by atoms with Crippen molar-refractivity contribution in [3.63, 3.8) is 0 Å². The van der Waals surface area contributed by atoms with Gasteiger partial charge in [0.15, 0.2) is 0 Å². The Morgan fingerprint density at radius 2 is 1.82 bits per heavy atom. The van der Waals surface area contributed by atoms with E-state index in [1.807, 2.05) is 24.4 Å². The highest BCUT2D eigenvalue weighted by atomic mass is 32.2. The van der Waals surface area contributed by atoms with Crippen LogP contribution in [0.5, 0.6) is 0 Å². The van der Waals surface area contributed by atoms with Gasteiger partial charge < -0.3 is 5.32 Å². The highest BCUT2D eigenvalue weighted by molar-refractivity contribution is 7.89. The van der Waals surface area contributed by atoms with Gasteiger partial charge in [-0.25, -0.2) is 17.5 Å². The van der Waals surface area contributed by atoms with Gasteiger partial charge in [0, 0.05) is 43.5 Å². The number of aromatic nitrogens is 1. The van der Waals surface area contributed by atoms with Crippen molar-refractivity contribution in [3.05, 3.63) is 95.6 Å². The van der Waals surface area contributed by atoms with Crippen LogP contribution in [-0.4, -0.2) is 55.9 Å². The number of halogens is 1. The molecule has 9 heteroatoms. The number of piperidine rings is 1. The van der Waals surface area contributed by atoms with Crippen LogP contribution in [0.25, 0.3) is 0 Å². The van der Waals surface area contributed by atoms with Crippen LogP contribution in [0, 0.1) is 5.82 Å². The zero-order valence-corrected chi connectivity index (χ0v) is 22.0. The van der Waals surface area contributed by atoms with Crippen molar-refractivity contribution >= 4 is 15.9 Å². The summed E-state index contributed by atoms with van der Waals surface area (Å²) in [5.41, 5.74) is 3.16. The lowest BCUT2D eigenvalue weighted by molar-refractivity contribution is -0.123. The Balaban J connectivity index is 1.18. The van der Waals surface area contributed by atoms with E-state index in [2.05, 4.69) is 19.9 Å². The van der Waals surface area contributed by atoms with Crippen molar-refractivity contribution in [2.45, 2.75) is 55.0 Å². The monoisotopic (exact) mass is 536 g/mol. The van der Waals surface area contributed by atoms with Crippen molar-refractivity contribution in [2.75, 3.05) is 19.6 Å². The van der Waals surface area contributed by atoms with Crippen molar-refractivity contribution in [2.24, 2.45) is 0 Å². The molecule has 1 fully saturated rings. The molecular weight excluding hydrogens is 503 g/mol. The highest BCUT2D eigenvalue weighted by Crippen LogP contribution is 2.35. The second kappa shape index (κ2) is 11.7. The molecule has 1 aliphatic carbocycles. The summed E-state index contributed by atoms with van der Waals surface area (Å²) in [6, 6.07) is 17.1. The van der Waals surface area contributed by atoms with Crippen LogP contribution in [0.3, 0.4) is 0 Å². The van der Waals surface area contributed by atoms with Crippen LogP contribution in [0.4, 0.5) is 4.39 Å². The number of benzene rings is 2. The fourth-order valence-corrected chi connectivity index (χ4v) is 6.96. The van der Waals surface area contributed by atoms with Crippen LogP contribution in [0.2, 0.25) is 0 Å². The topological polar surface area (TPSA) is 91.4 Å². The molecule has 7 nitrogen and oxygen atoms in total. The number of hydrogen-bond donors (Lipinski definition) is 2. The van der Waals surface area contributed by atoms with Crippen LogP contribution in [0.15, 0.2) is 78.0 Å². The standard InChI is InChI=1S/C29H33FN4O3S/c30-23-9-10-26-22(18-23)8-11-28(27(26)17-21-5-4-14-31-19-21)32-29(35)20-34-15-12-24(13-16-34)33-38(36,37)25-6-2-1-3-7-25/h1-7,9-10,14,18-19,24,27-28,33H,8,11-13,15-17,20H2,(H,32,35)/t27-,28+/m1/s1. The lowest BCUT2D eigenvalue weighted by atomic mass is 9.76. The number of amides is 1. The summed E-state index contributed by atoms with van der Waals surface area (Å²) in [4.78, 5) is 19.7. The largest absolute Gasteiger partial charge is 0.352 e. The Morgan fingerprint density at radius 1 is 1.03 bits per heavy atom. The van der Waals surface area contributed by atoms with Crippen molar-refractivity contribution < 1.29 is 17.6 Å². The number of hydrogen-bond acceptors (Lipinski definition) is 5. The zero-order valence-electron chi connectivity index (χ0n) is 21.2. The molecule has 2 heterocycles. The summed E-state index contributed by atoms with van der Waals surface area (Å²) in [6.45, 7) is 1.55. The molecule has 38 heavy (non-hydrogen) atoms. The smallest absolute Gasteiger partial charge is 0.240 e. The number of fused-ring (bicyclic) bond motifs is 1. The van der Waals surface area contributed by atoms with E-state index in [4.69, 9.17) is 0 Å². The van der Waals surface area contributed by atoms with E-state index in [1.54, 1.807) is 42.6 Å². The van der Waals surface area contributed by atoms with Gasteiger partial charge in [-0.15, -0.1) is 0 Å². The molecule has 1 amide bonds. The summed E-state index contributed by atoms with van der Waals surface area (Å²) in [6.07, 6.45) is 7.04. The van der Waals surface area contributed by atoms with Crippen molar-refractivity contribution in [3.8, 4) is 0 Å². The quantitative estimate of drug-likeness (QED) is 0.461. The predicted octanol–water partition coefficient (Wildman–Crippen LogP) is 3.42. The number of nitrogens with one attached hydrogen (secondary N) is 2. The molecule has 2 aliphatic rings. The van der Waals surface area contributed by atoms with Gasteiger partial charge in [-0.3, -0.25) is 14.7 Å². The van der Waals surface area contributed by atoms with Crippen molar-refractivity contribution in [1.29, 1.82) is 0 Å². The molecule has 5 rings (SSSR count). The second-order valence-corrected chi connectivity index (χ2v) is 11.9. The lowest BCUT2D eigenvalue weighted by Crippen LogP contribution is -2.50. The summed E-state index contributed by atoms with van der Waals surface area (Å²) in [5.74, 6) is -0.244. The first-order chi connectivity index (χ1) is 18.4. The maximum atomic E-state index is 13.9. The number of carbonyl (C=O) groups is 1. The molecule has 2 N–H and O–H groups in total. The van der Waals surface area contributed by atoms with Gasteiger partial charge >= 0.3 is 0 Å². The maximum Gasteiger partial charge on any atom is 0.240 e. The molecule has 200 valence electrons. The number of carbonyl (C=O) groups excluding carboxylic acids is 1. The third kappa shape index (κ3) is 6.46. The summed E-state index contributed by atoms with van der Waals surface area (Å²) in [7, 11) is -3.55. The van der Waals surface area contributed by atoms with Gasteiger partial charge in [-0.05, 0) is 79.1 Å². The normalized spacial score (nSPS) is 20.6. The fourth-order valence-electron chi connectivity index (χ4n) is 5.63. The SMILES string of the molecule is O=C(CN1CCC(NS(=O)(=O)c2ccccc2)CC1)N[C@H]1CCc2cc(F)ccc2[C@H]1Cc1cccnc1. The molecule has 0 radical (unpaired) electrons. The Labute approximate surface area is 223 Å². The first kappa shape index (κ1) is 26.5. The van der Waals surface area contributed by atoms with E-state index in [0.717, 1.165) is 23.1 Å². The number of rotatable bonds is 8. The molecular formula is C29H33FN4O3S. The van der Waals surface area contributed by atoms with Gasteiger partial charge in [0.2, 0.25) is 15.9 Å². The Hall–Kier alpha value is -3.14. The van der Waals surface area contributed by atoms with E-state index < -0.39 is 10.0 Å². The molecule has 1 saturated heterocycles. The molecule has 2 atom stereocenters. The number of aryl methyl sites for hydroxylation is 1. The Morgan fingerprint density at radius 3 is 2.55 bits per heavy atom. The fraction of sp³-hybridized carbons (Fsp3) is 0.379. The minimum atomic E-state index is -3.55. The average molecular weight is 537 g/mol. The zero-order chi connectivity index (χ0) is 26.5. The van der Waals surface area contributed by atoms with Crippen LogP contribution in [-0.2, 0) is 27.7 Å². The van der Waals surface area contributed by atoms with E-state index >= 15 is 0 Å². The molecule has 0 unspecified atom stereocenters. The maximum absolute atomic E-state index is 13.9. The van der Waals surface area contributed by atoms with Gasteiger partial charge in [0.25, 0.3) is 0 Å². The van der Waals surface area contributed by atoms with E-state index in [1.165, 1.54) is 6.07 Å². The van der Waals surface area contributed by atoms with Crippen LogP contribution in [0.1, 0.15) is 41.9 Å². The molecule has 0 bridgehead atoms. The summed E-state index contributed by atoms with van der Waals surface area (Å²) >= 11 is 0. The van der Waals surface area contributed by atoms with E-state index in [9.17, 15) is 17.6 Å². The first-order valence-electron chi connectivity index (χ1n) is 13.1. The Kier molecular flexibility index (Phi) is 8.16. The third-order valence-electron chi connectivity index (χ3n) is 7.57. The van der Waals surface area contributed by atoms with Gasteiger partial charge in [0.05, 0.1) is 11.4 Å². The minimum absolute atomic E-state index is 0.0330. The molecule has 0 saturated carbocycles.